The van der Waals surface area contributed by atoms with Crippen LogP contribution in [0.4, 0.5) is 0 Å². The van der Waals surface area contributed by atoms with Crippen LogP contribution in [0.2, 0.25) is 0 Å². The summed E-state index contributed by atoms with van der Waals surface area (Å²) in [5, 5.41) is 0. The molecule has 0 aliphatic rings. The first-order valence-electron chi connectivity index (χ1n) is 7.13. The molecule has 0 bridgehead atoms. The number of nitrogens with zero attached hydrogens (tertiary/aromatic N) is 2. The first kappa shape index (κ1) is 14.1. The fraction of sp³-hybridized carbons (Fsp3) is 0.111. The average Bonchev–Trinajstić information content (AvgIpc) is 2.56. The van der Waals surface area contributed by atoms with Crippen LogP contribution in [0, 0.1) is 0 Å². The highest BCUT2D eigenvalue weighted by Gasteiger charge is 2.07. The maximum atomic E-state index is 12.2. The van der Waals surface area contributed by atoms with Gasteiger partial charge >= 0.3 is 0 Å². The highest BCUT2D eigenvalue weighted by molar-refractivity contribution is 5.16. The van der Waals surface area contributed by atoms with E-state index in [1.807, 2.05) is 60.7 Å². The standard InChI is InChI=1S/C18H16N2O2/c21-17-11-12-18(22)20(14-16-9-5-2-6-10-16)19(17)13-15-7-3-1-4-8-15/h1-12H,13-14H2. The molecule has 1 aromatic heterocycles. The molecule has 22 heavy (non-hydrogen) atoms. The lowest BCUT2D eigenvalue weighted by Gasteiger charge is -2.15. The normalized spacial score (nSPS) is 10.5. The van der Waals surface area contributed by atoms with Crippen molar-refractivity contribution < 1.29 is 0 Å². The van der Waals surface area contributed by atoms with Crippen LogP contribution in [0.25, 0.3) is 0 Å². The third-order valence-electron chi connectivity index (χ3n) is 3.52. The Labute approximate surface area is 127 Å². The summed E-state index contributed by atoms with van der Waals surface area (Å²) in [6, 6.07) is 21.9. The van der Waals surface area contributed by atoms with Crippen LogP contribution in [-0.2, 0) is 13.1 Å². The van der Waals surface area contributed by atoms with E-state index in [-0.39, 0.29) is 11.1 Å². The second kappa shape index (κ2) is 6.26. The zero-order chi connectivity index (χ0) is 15.4. The molecule has 1 heterocycles. The van der Waals surface area contributed by atoms with Gasteiger partial charge in [-0.2, -0.15) is 0 Å². The minimum atomic E-state index is -0.181. The summed E-state index contributed by atoms with van der Waals surface area (Å²) >= 11 is 0. The minimum Gasteiger partial charge on any atom is -0.268 e. The largest absolute Gasteiger partial charge is 0.268 e. The lowest BCUT2D eigenvalue weighted by molar-refractivity contribution is 0.465. The van der Waals surface area contributed by atoms with E-state index in [4.69, 9.17) is 0 Å². The molecule has 110 valence electrons. The van der Waals surface area contributed by atoms with Gasteiger partial charge in [-0.05, 0) is 11.1 Å². The molecule has 4 heteroatoms. The lowest BCUT2D eigenvalue weighted by atomic mass is 10.2. The summed E-state index contributed by atoms with van der Waals surface area (Å²) in [7, 11) is 0. The molecule has 3 rings (SSSR count). The number of aromatic nitrogens is 2. The van der Waals surface area contributed by atoms with Crippen LogP contribution in [-0.4, -0.2) is 9.36 Å². The number of rotatable bonds is 4. The fourth-order valence-corrected chi connectivity index (χ4v) is 2.39. The summed E-state index contributed by atoms with van der Waals surface area (Å²) in [6.07, 6.45) is 0. The molecule has 2 aromatic carbocycles. The lowest BCUT2D eigenvalue weighted by Crippen LogP contribution is -2.38. The van der Waals surface area contributed by atoms with E-state index in [9.17, 15) is 9.59 Å². The minimum absolute atomic E-state index is 0.181. The molecule has 3 aromatic rings. The molecular formula is C18H16N2O2. The van der Waals surface area contributed by atoms with E-state index in [1.165, 1.54) is 21.5 Å². The van der Waals surface area contributed by atoms with Crippen molar-refractivity contribution in [3.05, 3.63) is 105 Å². The van der Waals surface area contributed by atoms with Crippen LogP contribution < -0.4 is 11.1 Å². The Morgan fingerprint density at radius 3 is 1.27 bits per heavy atom. The van der Waals surface area contributed by atoms with E-state index in [0.717, 1.165) is 11.1 Å². The van der Waals surface area contributed by atoms with Gasteiger partial charge in [-0.25, -0.2) is 9.36 Å². The van der Waals surface area contributed by atoms with Gasteiger partial charge in [-0.15, -0.1) is 0 Å². The average molecular weight is 292 g/mol. The molecule has 0 atom stereocenters. The van der Waals surface area contributed by atoms with Gasteiger partial charge in [0.15, 0.2) is 0 Å². The van der Waals surface area contributed by atoms with Crippen molar-refractivity contribution in [2.45, 2.75) is 13.1 Å². The molecule has 0 spiro atoms. The van der Waals surface area contributed by atoms with Gasteiger partial charge in [0.1, 0.15) is 0 Å². The Morgan fingerprint density at radius 1 is 0.545 bits per heavy atom. The monoisotopic (exact) mass is 292 g/mol. The van der Waals surface area contributed by atoms with E-state index in [1.54, 1.807) is 0 Å². The Balaban J connectivity index is 2.03. The predicted octanol–water partition coefficient (Wildman–Crippen LogP) is 2.11. The molecule has 0 unspecified atom stereocenters. The van der Waals surface area contributed by atoms with E-state index < -0.39 is 0 Å². The molecule has 0 saturated carbocycles. The van der Waals surface area contributed by atoms with Crippen molar-refractivity contribution >= 4 is 0 Å². The van der Waals surface area contributed by atoms with Crippen LogP contribution in [0.5, 0.6) is 0 Å². The molecule has 0 N–H and O–H groups in total. The van der Waals surface area contributed by atoms with Gasteiger partial charge in [-0.3, -0.25) is 9.59 Å². The smallest absolute Gasteiger partial charge is 0.265 e. The first-order valence-corrected chi connectivity index (χ1v) is 7.13. The topological polar surface area (TPSA) is 44.0 Å². The second-order valence-corrected chi connectivity index (χ2v) is 5.10. The van der Waals surface area contributed by atoms with Crippen molar-refractivity contribution in [1.82, 2.24) is 9.36 Å². The van der Waals surface area contributed by atoms with Gasteiger partial charge < -0.3 is 0 Å². The predicted molar refractivity (Wildman–Crippen MR) is 86.1 cm³/mol. The van der Waals surface area contributed by atoms with Crippen LogP contribution in [0.15, 0.2) is 82.4 Å². The molecule has 4 nitrogen and oxygen atoms in total. The Morgan fingerprint density at radius 2 is 0.909 bits per heavy atom. The van der Waals surface area contributed by atoms with Crippen molar-refractivity contribution in [3.8, 4) is 0 Å². The van der Waals surface area contributed by atoms with Gasteiger partial charge in [0.2, 0.25) is 0 Å². The number of hydrogen-bond donors (Lipinski definition) is 0. The number of hydrogen-bond acceptors (Lipinski definition) is 2. The maximum Gasteiger partial charge on any atom is 0.265 e. The first-order chi connectivity index (χ1) is 10.7. The number of benzene rings is 2. The zero-order valence-electron chi connectivity index (χ0n) is 12.1. The molecule has 0 aliphatic heterocycles. The van der Waals surface area contributed by atoms with E-state index >= 15 is 0 Å². The van der Waals surface area contributed by atoms with Crippen LogP contribution in [0.1, 0.15) is 11.1 Å². The Kier molecular flexibility index (Phi) is 4.01. The molecule has 0 saturated heterocycles. The molecule has 0 amide bonds. The van der Waals surface area contributed by atoms with Crippen LogP contribution in [0.3, 0.4) is 0 Å². The SMILES string of the molecule is O=c1ccc(=O)n(Cc2ccccc2)n1Cc1ccccc1. The highest BCUT2D eigenvalue weighted by atomic mass is 16.2. The van der Waals surface area contributed by atoms with Gasteiger partial charge in [-0.1, -0.05) is 60.7 Å². The zero-order valence-corrected chi connectivity index (χ0v) is 12.1. The summed E-state index contributed by atoms with van der Waals surface area (Å²) < 4.78 is 2.98. The van der Waals surface area contributed by atoms with Crippen molar-refractivity contribution in [1.29, 1.82) is 0 Å². The maximum absolute atomic E-state index is 12.2. The van der Waals surface area contributed by atoms with Gasteiger partial charge in [0, 0.05) is 12.1 Å². The van der Waals surface area contributed by atoms with E-state index in [0.29, 0.717) is 13.1 Å². The Bertz CT molecular complexity index is 790. The van der Waals surface area contributed by atoms with Gasteiger partial charge in [0.05, 0.1) is 13.1 Å². The fourth-order valence-electron chi connectivity index (χ4n) is 2.39. The summed E-state index contributed by atoms with van der Waals surface area (Å²) in [6.45, 7) is 0.755. The molecule has 0 radical (unpaired) electrons. The summed E-state index contributed by atoms with van der Waals surface area (Å²) in [5.74, 6) is 0. The van der Waals surface area contributed by atoms with Crippen molar-refractivity contribution in [2.24, 2.45) is 0 Å². The summed E-state index contributed by atoms with van der Waals surface area (Å²) in [5.41, 5.74) is 1.60. The Hall–Kier alpha value is -2.88. The second-order valence-electron chi connectivity index (χ2n) is 5.10. The highest BCUT2D eigenvalue weighted by Crippen LogP contribution is 2.03. The third-order valence-corrected chi connectivity index (χ3v) is 3.52. The van der Waals surface area contributed by atoms with Crippen LogP contribution >= 0.6 is 0 Å². The molecule has 0 fully saturated rings. The molecular weight excluding hydrogens is 276 g/mol. The van der Waals surface area contributed by atoms with Gasteiger partial charge in [0.25, 0.3) is 11.1 Å². The quantitative estimate of drug-likeness (QED) is 0.739. The van der Waals surface area contributed by atoms with Crippen molar-refractivity contribution in [2.75, 3.05) is 0 Å². The summed E-state index contributed by atoms with van der Waals surface area (Å²) in [4.78, 5) is 24.4. The van der Waals surface area contributed by atoms with E-state index in [2.05, 4.69) is 0 Å². The molecule has 0 aliphatic carbocycles. The third kappa shape index (κ3) is 3.06. The van der Waals surface area contributed by atoms with Crippen molar-refractivity contribution in [3.63, 3.8) is 0 Å².